The number of nitrogens with one attached hydrogen (secondary N) is 1. The molecule has 18 heavy (non-hydrogen) atoms. The molecule has 0 unspecified atom stereocenters. The van der Waals surface area contributed by atoms with Crippen LogP contribution in [0.1, 0.15) is 19.3 Å². The van der Waals surface area contributed by atoms with Gasteiger partial charge in [-0.2, -0.15) is 13.2 Å². The SMILES string of the molecule is Nc1cc(I)c(F)cc1NCCCCC(F)(F)F. The zero-order chi connectivity index (χ0) is 13.8. The Labute approximate surface area is 116 Å². The zero-order valence-electron chi connectivity index (χ0n) is 9.45. The molecule has 0 aliphatic carbocycles. The molecule has 0 saturated carbocycles. The van der Waals surface area contributed by atoms with Crippen molar-refractivity contribution in [2.45, 2.75) is 25.4 Å². The van der Waals surface area contributed by atoms with Gasteiger partial charge >= 0.3 is 6.18 Å². The van der Waals surface area contributed by atoms with Crippen molar-refractivity contribution in [3.05, 3.63) is 21.5 Å². The van der Waals surface area contributed by atoms with Gasteiger partial charge in [0.2, 0.25) is 0 Å². The summed E-state index contributed by atoms with van der Waals surface area (Å²) in [5, 5.41) is 2.83. The summed E-state index contributed by atoms with van der Waals surface area (Å²) in [6, 6.07) is 2.73. The third-order valence-electron chi connectivity index (χ3n) is 2.29. The van der Waals surface area contributed by atoms with Crippen molar-refractivity contribution in [2.75, 3.05) is 17.6 Å². The quantitative estimate of drug-likeness (QED) is 0.351. The van der Waals surface area contributed by atoms with Crippen LogP contribution in [0.2, 0.25) is 0 Å². The Morgan fingerprint density at radius 2 is 1.89 bits per heavy atom. The molecular weight excluding hydrogens is 363 g/mol. The summed E-state index contributed by atoms with van der Waals surface area (Å²) in [6.45, 7) is 0.334. The Kier molecular flexibility index (Phi) is 5.48. The molecule has 1 aromatic carbocycles. The summed E-state index contributed by atoms with van der Waals surface area (Å²) < 4.78 is 49.3. The average Bonchev–Trinajstić information content (AvgIpc) is 2.23. The lowest BCUT2D eigenvalue weighted by atomic mass is 10.2. The minimum Gasteiger partial charge on any atom is -0.397 e. The summed E-state index contributed by atoms with van der Waals surface area (Å²) in [7, 11) is 0. The van der Waals surface area contributed by atoms with Gasteiger partial charge in [0.1, 0.15) is 5.82 Å². The van der Waals surface area contributed by atoms with Crippen LogP contribution in [-0.2, 0) is 0 Å². The number of nitrogen functional groups attached to an aromatic ring is 1. The highest BCUT2D eigenvalue weighted by Crippen LogP contribution is 2.25. The molecule has 0 aromatic heterocycles. The van der Waals surface area contributed by atoms with Crippen LogP contribution in [0.25, 0.3) is 0 Å². The normalized spacial score (nSPS) is 11.6. The third kappa shape index (κ3) is 5.28. The Morgan fingerprint density at radius 3 is 2.50 bits per heavy atom. The van der Waals surface area contributed by atoms with Crippen LogP contribution < -0.4 is 11.1 Å². The van der Waals surface area contributed by atoms with E-state index in [4.69, 9.17) is 5.73 Å². The molecule has 0 atom stereocenters. The lowest BCUT2D eigenvalue weighted by Gasteiger charge is -2.11. The molecule has 2 nitrogen and oxygen atoms in total. The van der Waals surface area contributed by atoms with Gasteiger partial charge in [0.25, 0.3) is 0 Å². The standard InChI is InChI=1S/C11H13F4IN2/c12-7-5-10(9(17)6-8(7)16)18-4-2-1-3-11(13,14)15/h5-6,18H,1-4,17H2. The van der Waals surface area contributed by atoms with Gasteiger partial charge in [0, 0.05) is 19.0 Å². The van der Waals surface area contributed by atoms with Crippen LogP contribution in [-0.4, -0.2) is 12.7 Å². The van der Waals surface area contributed by atoms with E-state index in [0.717, 1.165) is 0 Å². The number of benzene rings is 1. The Hall–Kier alpha value is -0.730. The third-order valence-corrected chi connectivity index (χ3v) is 3.12. The van der Waals surface area contributed by atoms with Gasteiger partial charge in [-0.25, -0.2) is 4.39 Å². The van der Waals surface area contributed by atoms with E-state index >= 15 is 0 Å². The molecule has 7 heteroatoms. The van der Waals surface area contributed by atoms with Gasteiger partial charge in [0.15, 0.2) is 0 Å². The molecule has 0 aliphatic rings. The molecule has 0 radical (unpaired) electrons. The van der Waals surface area contributed by atoms with Crippen molar-refractivity contribution in [1.82, 2.24) is 0 Å². The summed E-state index contributed by atoms with van der Waals surface area (Å²) in [5.41, 5.74) is 6.46. The Morgan fingerprint density at radius 1 is 1.22 bits per heavy atom. The van der Waals surface area contributed by atoms with E-state index in [1.54, 1.807) is 0 Å². The number of anilines is 2. The summed E-state index contributed by atoms with van der Waals surface area (Å²) in [6.07, 6.45) is -4.52. The largest absolute Gasteiger partial charge is 0.397 e. The molecule has 102 valence electrons. The first-order valence-electron chi connectivity index (χ1n) is 5.35. The molecule has 3 N–H and O–H groups in total. The zero-order valence-corrected chi connectivity index (χ0v) is 11.6. The number of hydrogen-bond donors (Lipinski definition) is 2. The molecule has 0 fully saturated rings. The van der Waals surface area contributed by atoms with Crippen molar-refractivity contribution in [3.8, 4) is 0 Å². The van der Waals surface area contributed by atoms with Gasteiger partial charge in [-0.1, -0.05) is 0 Å². The highest BCUT2D eigenvalue weighted by atomic mass is 127. The number of halogens is 5. The van der Waals surface area contributed by atoms with E-state index < -0.39 is 18.4 Å². The van der Waals surface area contributed by atoms with Gasteiger partial charge < -0.3 is 11.1 Å². The molecule has 0 saturated heterocycles. The van der Waals surface area contributed by atoms with E-state index in [2.05, 4.69) is 5.32 Å². The number of hydrogen-bond acceptors (Lipinski definition) is 2. The number of nitrogens with two attached hydrogens (primary N) is 1. The number of rotatable bonds is 5. The lowest BCUT2D eigenvalue weighted by molar-refractivity contribution is -0.135. The Bertz CT molecular complexity index is 407. The molecular formula is C11H13F4IN2. The van der Waals surface area contributed by atoms with Gasteiger partial charge in [0.05, 0.1) is 14.9 Å². The molecule has 0 spiro atoms. The van der Waals surface area contributed by atoms with Crippen molar-refractivity contribution in [2.24, 2.45) is 0 Å². The van der Waals surface area contributed by atoms with Gasteiger partial charge in [-0.05, 0) is 41.5 Å². The molecule has 1 aromatic rings. The second-order valence-corrected chi connectivity index (χ2v) is 5.01. The first kappa shape index (κ1) is 15.3. The summed E-state index contributed by atoms with van der Waals surface area (Å²) in [4.78, 5) is 0. The molecule has 0 heterocycles. The number of alkyl halides is 3. The fourth-order valence-corrected chi connectivity index (χ4v) is 1.88. The molecule has 1 rings (SSSR count). The van der Waals surface area contributed by atoms with Crippen LogP contribution in [0.3, 0.4) is 0 Å². The second kappa shape index (κ2) is 6.44. The topological polar surface area (TPSA) is 38.0 Å². The fraction of sp³-hybridized carbons (Fsp3) is 0.455. The van der Waals surface area contributed by atoms with Crippen LogP contribution in [0.4, 0.5) is 28.9 Å². The van der Waals surface area contributed by atoms with Crippen molar-refractivity contribution >= 4 is 34.0 Å². The van der Waals surface area contributed by atoms with E-state index in [-0.39, 0.29) is 6.42 Å². The maximum atomic E-state index is 13.2. The van der Waals surface area contributed by atoms with Crippen LogP contribution in [0.15, 0.2) is 12.1 Å². The maximum absolute atomic E-state index is 13.2. The van der Waals surface area contributed by atoms with E-state index in [9.17, 15) is 17.6 Å². The van der Waals surface area contributed by atoms with Crippen LogP contribution in [0, 0.1) is 9.39 Å². The summed E-state index contributed by atoms with van der Waals surface area (Å²) >= 11 is 1.82. The average molecular weight is 376 g/mol. The van der Waals surface area contributed by atoms with Gasteiger partial charge in [-0.15, -0.1) is 0 Å². The van der Waals surface area contributed by atoms with Crippen molar-refractivity contribution < 1.29 is 17.6 Å². The second-order valence-electron chi connectivity index (χ2n) is 3.85. The van der Waals surface area contributed by atoms with Crippen LogP contribution >= 0.6 is 22.6 Å². The first-order chi connectivity index (χ1) is 8.29. The smallest absolute Gasteiger partial charge is 0.389 e. The highest BCUT2D eigenvalue weighted by Gasteiger charge is 2.25. The molecule has 0 aliphatic heterocycles. The van der Waals surface area contributed by atoms with Gasteiger partial charge in [-0.3, -0.25) is 0 Å². The van der Waals surface area contributed by atoms with E-state index in [1.165, 1.54) is 12.1 Å². The van der Waals surface area contributed by atoms with Crippen molar-refractivity contribution in [1.29, 1.82) is 0 Å². The number of unbranched alkanes of at least 4 members (excludes halogenated alkanes) is 1. The van der Waals surface area contributed by atoms with Crippen molar-refractivity contribution in [3.63, 3.8) is 0 Å². The fourth-order valence-electron chi connectivity index (χ4n) is 1.39. The van der Waals surface area contributed by atoms with Crippen LogP contribution in [0.5, 0.6) is 0 Å². The Balaban J connectivity index is 2.38. The predicted octanol–water partition coefficient (Wildman–Crippen LogP) is 4.16. The first-order valence-corrected chi connectivity index (χ1v) is 6.42. The molecule has 0 amide bonds. The monoisotopic (exact) mass is 376 g/mol. The summed E-state index contributed by atoms with van der Waals surface area (Å²) in [5.74, 6) is -0.400. The molecule has 0 bridgehead atoms. The minimum absolute atomic E-state index is 0.0449. The lowest BCUT2D eigenvalue weighted by Crippen LogP contribution is -2.09. The predicted molar refractivity (Wildman–Crippen MR) is 71.9 cm³/mol. The van der Waals surface area contributed by atoms with E-state index in [0.29, 0.717) is 27.9 Å². The van der Waals surface area contributed by atoms with E-state index in [1.807, 2.05) is 22.6 Å². The minimum atomic E-state index is -4.12. The maximum Gasteiger partial charge on any atom is 0.389 e. The highest BCUT2D eigenvalue weighted by molar-refractivity contribution is 14.1.